The quantitative estimate of drug-likeness (QED) is 0.724. The smallest absolute Gasteiger partial charge is 0.293 e. The molecule has 0 aromatic rings. The maximum Gasteiger partial charge on any atom is 0.293 e. The zero-order valence-electron chi connectivity index (χ0n) is 9.43. The summed E-state index contributed by atoms with van der Waals surface area (Å²) in [5.74, 6) is -0.134. The van der Waals surface area contributed by atoms with Crippen LogP contribution in [0, 0.1) is 5.92 Å². The average molecular weight is 244 g/mol. The first-order valence-electron chi connectivity index (χ1n) is 5.04. The molecule has 6 heteroatoms. The SMILES string of the molecule is COCC(C)/C=C1/SC(=O)N(CCN)C1=O. The van der Waals surface area contributed by atoms with E-state index in [2.05, 4.69) is 0 Å². The van der Waals surface area contributed by atoms with Crippen LogP contribution in [0.5, 0.6) is 0 Å². The average Bonchev–Trinajstić information content (AvgIpc) is 2.47. The standard InChI is InChI=1S/C10H16N2O3S/c1-7(6-15-2)5-8-9(13)12(4-3-11)10(14)16-8/h5,7H,3-4,6,11H2,1-2H3/b8-5+. The van der Waals surface area contributed by atoms with Crippen molar-refractivity contribution in [3.8, 4) is 0 Å². The number of rotatable bonds is 5. The Morgan fingerprint density at radius 1 is 1.56 bits per heavy atom. The van der Waals surface area contributed by atoms with E-state index in [9.17, 15) is 9.59 Å². The second kappa shape index (κ2) is 6.03. The number of thioether (sulfide) groups is 1. The first kappa shape index (κ1) is 13.2. The summed E-state index contributed by atoms with van der Waals surface area (Å²) < 4.78 is 4.97. The molecule has 1 aliphatic heterocycles. The van der Waals surface area contributed by atoms with Gasteiger partial charge in [0.2, 0.25) is 0 Å². The Bertz CT molecular complexity index is 317. The van der Waals surface area contributed by atoms with Gasteiger partial charge >= 0.3 is 0 Å². The summed E-state index contributed by atoms with van der Waals surface area (Å²) in [6, 6.07) is 0. The van der Waals surface area contributed by atoms with Gasteiger partial charge in [0.15, 0.2) is 0 Å². The first-order valence-corrected chi connectivity index (χ1v) is 5.86. The highest BCUT2D eigenvalue weighted by Gasteiger charge is 2.34. The van der Waals surface area contributed by atoms with E-state index in [-0.39, 0.29) is 23.6 Å². The molecule has 1 heterocycles. The third kappa shape index (κ3) is 3.07. The maximum atomic E-state index is 11.8. The molecule has 1 aliphatic rings. The molecule has 1 unspecified atom stereocenters. The van der Waals surface area contributed by atoms with E-state index >= 15 is 0 Å². The fraction of sp³-hybridized carbons (Fsp3) is 0.600. The lowest BCUT2D eigenvalue weighted by atomic mass is 10.2. The Balaban J connectivity index is 2.71. The molecule has 1 fully saturated rings. The van der Waals surface area contributed by atoms with Crippen LogP contribution in [0.2, 0.25) is 0 Å². The summed E-state index contributed by atoms with van der Waals surface area (Å²) in [6.07, 6.45) is 1.77. The van der Waals surface area contributed by atoms with E-state index in [4.69, 9.17) is 10.5 Å². The van der Waals surface area contributed by atoms with Crippen molar-refractivity contribution < 1.29 is 14.3 Å². The molecular weight excluding hydrogens is 228 g/mol. The summed E-state index contributed by atoms with van der Waals surface area (Å²) in [4.78, 5) is 24.9. The van der Waals surface area contributed by atoms with Gasteiger partial charge in [-0.2, -0.15) is 0 Å². The zero-order valence-corrected chi connectivity index (χ0v) is 10.3. The fourth-order valence-electron chi connectivity index (χ4n) is 1.41. The second-order valence-electron chi connectivity index (χ2n) is 3.58. The summed E-state index contributed by atoms with van der Waals surface area (Å²) in [5, 5.41) is -0.244. The monoisotopic (exact) mass is 244 g/mol. The number of hydrogen-bond acceptors (Lipinski definition) is 5. The van der Waals surface area contributed by atoms with Crippen LogP contribution < -0.4 is 5.73 Å². The highest BCUT2D eigenvalue weighted by atomic mass is 32.2. The number of ether oxygens (including phenoxy) is 1. The number of nitrogens with two attached hydrogens (primary N) is 1. The van der Waals surface area contributed by atoms with Gasteiger partial charge in [0, 0.05) is 20.2 Å². The number of methoxy groups -OCH3 is 1. The normalized spacial score (nSPS) is 20.9. The molecule has 1 rings (SSSR count). The molecule has 1 atom stereocenters. The molecule has 0 radical (unpaired) electrons. The number of imide groups is 1. The number of hydrogen-bond donors (Lipinski definition) is 1. The molecule has 0 spiro atoms. The summed E-state index contributed by atoms with van der Waals surface area (Å²) in [6.45, 7) is 3.03. The summed E-state index contributed by atoms with van der Waals surface area (Å²) in [5.41, 5.74) is 5.33. The van der Waals surface area contributed by atoms with Gasteiger partial charge in [-0.1, -0.05) is 13.0 Å². The second-order valence-corrected chi connectivity index (χ2v) is 4.57. The topological polar surface area (TPSA) is 72.6 Å². The number of amides is 2. The van der Waals surface area contributed by atoms with Gasteiger partial charge < -0.3 is 10.5 Å². The number of nitrogens with zero attached hydrogens (tertiary/aromatic N) is 1. The van der Waals surface area contributed by atoms with Crippen molar-refractivity contribution in [2.75, 3.05) is 26.8 Å². The molecule has 1 saturated heterocycles. The van der Waals surface area contributed by atoms with Crippen LogP contribution in [-0.2, 0) is 9.53 Å². The predicted octanol–water partition coefficient (Wildman–Crippen LogP) is 0.807. The summed E-state index contributed by atoms with van der Waals surface area (Å²) >= 11 is 0.963. The van der Waals surface area contributed by atoms with Gasteiger partial charge in [0.25, 0.3) is 11.1 Å². The Morgan fingerprint density at radius 2 is 2.25 bits per heavy atom. The number of carbonyl (C=O) groups excluding carboxylic acids is 2. The van der Waals surface area contributed by atoms with Crippen molar-refractivity contribution in [1.29, 1.82) is 0 Å². The molecule has 2 amide bonds. The van der Waals surface area contributed by atoms with E-state index in [1.807, 2.05) is 6.92 Å². The Labute approximate surface area is 99.0 Å². The van der Waals surface area contributed by atoms with E-state index in [1.165, 1.54) is 4.90 Å². The Kier molecular flexibility index (Phi) is 4.98. The minimum absolute atomic E-state index is 0.113. The van der Waals surface area contributed by atoms with Crippen molar-refractivity contribution in [3.63, 3.8) is 0 Å². The highest BCUT2D eigenvalue weighted by Crippen LogP contribution is 2.31. The molecule has 0 bridgehead atoms. The van der Waals surface area contributed by atoms with Crippen LogP contribution in [0.15, 0.2) is 11.0 Å². The fourth-order valence-corrected chi connectivity index (χ4v) is 2.38. The zero-order chi connectivity index (χ0) is 12.1. The van der Waals surface area contributed by atoms with Crippen LogP contribution in [0.25, 0.3) is 0 Å². The largest absolute Gasteiger partial charge is 0.384 e. The molecule has 0 aliphatic carbocycles. The number of carbonyl (C=O) groups is 2. The van der Waals surface area contributed by atoms with Gasteiger partial charge in [-0.3, -0.25) is 14.5 Å². The van der Waals surface area contributed by atoms with Gasteiger partial charge in [-0.05, 0) is 17.7 Å². The Hall–Kier alpha value is -0.850. The molecule has 5 nitrogen and oxygen atoms in total. The van der Waals surface area contributed by atoms with Gasteiger partial charge in [0.1, 0.15) is 0 Å². The molecule has 90 valence electrons. The highest BCUT2D eigenvalue weighted by molar-refractivity contribution is 8.18. The Morgan fingerprint density at radius 3 is 2.81 bits per heavy atom. The maximum absolute atomic E-state index is 11.8. The lowest BCUT2D eigenvalue weighted by molar-refractivity contribution is -0.122. The van der Waals surface area contributed by atoms with Crippen LogP contribution in [-0.4, -0.2) is 42.9 Å². The van der Waals surface area contributed by atoms with Crippen molar-refractivity contribution >= 4 is 22.9 Å². The molecule has 0 aromatic heterocycles. The third-order valence-corrected chi connectivity index (χ3v) is 3.02. The minimum atomic E-state index is -0.247. The van der Waals surface area contributed by atoms with Crippen LogP contribution in [0.3, 0.4) is 0 Å². The molecule has 0 saturated carbocycles. The van der Waals surface area contributed by atoms with Crippen molar-refractivity contribution in [2.45, 2.75) is 6.92 Å². The first-order chi connectivity index (χ1) is 7.60. The van der Waals surface area contributed by atoms with Crippen molar-refractivity contribution in [2.24, 2.45) is 11.7 Å². The van der Waals surface area contributed by atoms with Crippen LogP contribution >= 0.6 is 11.8 Å². The van der Waals surface area contributed by atoms with E-state index in [0.29, 0.717) is 18.1 Å². The van der Waals surface area contributed by atoms with E-state index in [1.54, 1.807) is 13.2 Å². The van der Waals surface area contributed by atoms with Gasteiger partial charge in [-0.15, -0.1) is 0 Å². The molecule has 16 heavy (non-hydrogen) atoms. The van der Waals surface area contributed by atoms with Gasteiger partial charge in [-0.25, -0.2) is 0 Å². The molecule has 0 aromatic carbocycles. The van der Waals surface area contributed by atoms with E-state index in [0.717, 1.165) is 11.8 Å². The van der Waals surface area contributed by atoms with E-state index < -0.39 is 0 Å². The summed E-state index contributed by atoms with van der Waals surface area (Å²) in [7, 11) is 1.60. The lowest BCUT2D eigenvalue weighted by Gasteiger charge is -2.10. The van der Waals surface area contributed by atoms with Crippen LogP contribution in [0.1, 0.15) is 6.92 Å². The predicted molar refractivity (Wildman–Crippen MR) is 62.9 cm³/mol. The van der Waals surface area contributed by atoms with Crippen LogP contribution in [0.4, 0.5) is 4.79 Å². The lowest BCUT2D eigenvalue weighted by Crippen LogP contribution is -2.33. The molecule has 2 N–H and O–H groups in total. The third-order valence-electron chi connectivity index (χ3n) is 2.09. The minimum Gasteiger partial charge on any atom is -0.384 e. The van der Waals surface area contributed by atoms with Crippen molar-refractivity contribution in [1.82, 2.24) is 4.90 Å². The van der Waals surface area contributed by atoms with Crippen molar-refractivity contribution in [3.05, 3.63) is 11.0 Å². The molecular formula is C10H16N2O3S. The van der Waals surface area contributed by atoms with Gasteiger partial charge in [0.05, 0.1) is 11.5 Å².